The zero-order valence-corrected chi connectivity index (χ0v) is 15.2. The molecule has 1 aromatic rings. The Morgan fingerprint density at radius 3 is 2.54 bits per heavy atom. The summed E-state index contributed by atoms with van der Waals surface area (Å²) in [5, 5.41) is 0. The van der Waals surface area contributed by atoms with Gasteiger partial charge in [0.2, 0.25) is 5.91 Å². The highest BCUT2D eigenvalue weighted by atomic mass is 19.1. The van der Waals surface area contributed by atoms with Crippen LogP contribution in [0.2, 0.25) is 0 Å². The number of amides is 1. The van der Waals surface area contributed by atoms with Crippen LogP contribution in [0.5, 0.6) is 5.75 Å². The van der Waals surface area contributed by atoms with E-state index in [0.717, 1.165) is 25.9 Å². The van der Waals surface area contributed by atoms with Crippen LogP contribution in [-0.2, 0) is 14.3 Å². The summed E-state index contributed by atoms with van der Waals surface area (Å²) in [6.45, 7) is 1.99. The van der Waals surface area contributed by atoms with Gasteiger partial charge in [-0.25, -0.2) is 9.18 Å². The Hall–Kier alpha value is -2.15. The van der Waals surface area contributed by atoms with Crippen LogP contribution in [0, 0.1) is 11.7 Å². The summed E-state index contributed by atoms with van der Waals surface area (Å²) in [5.74, 6) is -0.901. The Labute approximate surface area is 152 Å². The van der Waals surface area contributed by atoms with E-state index in [9.17, 15) is 14.0 Å². The molecule has 0 saturated carbocycles. The van der Waals surface area contributed by atoms with Crippen molar-refractivity contribution in [1.82, 2.24) is 9.80 Å². The molecular formula is C19H25FN2O4. The largest absolute Gasteiger partial charge is 0.485 e. The standard InChI is InChI=1S/C19H25FN2O4/c1-21-9-7-13(8-10-21)18(23)22-12-14(11-16(22)19(24)25-2)26-17-6-4-3-5-15(17)20/h3-6,13-14,16H,7-12H2,1-2H3. The molecule has 0 aliphatic carbocycles. The van der Waals surface area contributed by atoms with Crippen LogP contribution in [-0.4, -0.2) is 67.6 Å². The highest BCUT2D eigenvalue weighted by Gasteiger charge is 2.43. The highest BCUT2D eigenvalue weighted by Crippen LogP contribution is 2.29. The minimum Gasteiger partial charge on any atom is -0.485 e. The van der Waals surface area contributed by atoms with Gasteiger partial charge in [-0.15, -0.1) is 0 Å². The Balaban J connectivity index is 1.71. The number of carbonyl (C=O) groups excluding carboxylic acids is 2. The van der Waals surface area contributed by atoms with E-state index in [2.05, 4.69) is 4.90 Å². The number of benzene rings is 1. The first-order valence-electron chi connectivity index (χ1n) is 8.97. The monoisotopic (exact) mass is 364 g/mol. The van der Waals surface area contributed by atoms with Gasteiger partial charge in [0.15, 0.2) is 11.6 Å². The number of para-hydroxylation sites is 1. The molecule has 1 amide bonds. The molecule has 2 aliphatic rings. The van der Waals surface area contributed by atoms with Crippen molar-refractivity contribution >= 4 is 11.9 Å². The van der Waals surface area contributed by atoms with E-state index in [4.69, 9.17) is 9.47 Å². The maximum absolute atomic E-state index is 13.8. The normalized spacial score (nSPS) is 24.5. The number of ether oxygens (including phenoxy) is 2. The predicted molar refractivity (Wildman–Crippen MR) is 93.2 cm³/mol. The second kappa shape index (κ2) is 8.03. The SMILES string of the molecule is COC(=O)C1CC(Oc2ccccc2F)CN1C(=O)C1CCN(C)CC1. The van der Waals surface area contributed by atoms with Gasteiger partial charge in [0.1, 0.15) is 12.1 Å². The fourth-order valence-electron chi connectivity index (χ4n) is 3.70. The summed E-state index contributed by atoms with van der Waals surface area (Å²) in [6, 6.07) is 5.47. The Kier molecular flexibility index (Phi) is 5.76. The van der Waals surface area contributed by atoms with Crippen molar-refractivity contribution in [2.75, 3.05) is 33.8 Å². The van der Waals surface area contributed by atoms with E-state index in [1.54, 1.807) is 23.1 Å². The van der Waals surface area contributed by atoms with Gasteiger partial charge in [0.05, 0.1) is 13.7 Å². The molecule has 6 nitrogen and oxygen atoms in total. The molecule has 0 radical (unpaired) electrons. The summed E-state index contributed by atoms with van der Waals surface area (Å²) >= 11 is 0. The van der Waals surface area contributed by atoms with Crippen molar-refractivity contribution < 1.29 is 23.5 Å². The first kappa shape index (κ1) is 18.6. The van der Waals surface area contributed by atoms with Crippen molar-refractivity contribution in [3.05, 3.63) is 30.1 Å². The van der Waals surface area contributed by atoms with Crippen molar-refractivity contribution in [2.45, 2.75) is 31.4 Å². The molecule has 2 unspecified atom stereocenters. The number of methoxy groups -OCH3 is 1. The van der Waals surface area contributed by atoms with E-state index >= 15 is 0 Å². The Bertz CT molecular complexity index is 661. The molecule has 0 bridgehead atoms. The number of nitrogens with zero attached hydrogens (tertiary/aromatic N) is 2. The minimum atomic E-state index is -0.677. The lowest BCUT2D eigenvalue weighted by Gasteiger charge is -2.32. The van der Waals surface area contributed by atoms with Crippen molar-refractivity contribution in [3.8, 4) is 5.75 Å². The molecule has 0 spiro atoms. The second-order valence-corrected chi connectivity index (χ2v) is 7.01. The van der Waals surface area contributed by atoms with Crippen LogP contribution in [0.4, 0.5) is 4.39 Å². The van der Waals surface area contributed by atoms with Gasteiger partial charge in [-0.1, -0.05) is 12.1 Å². The van der Waals surface area contributed by atoms with Gasteiger partial charge in [-0.05, 0) is 45.1 Å². The average molecular weight is 364 g/mol. The average Bonchev–Trinajstić information content (AvgIpc) is 3.07. The first-order chi connectivity index (χ1) is 12.5. The molecule has 3 rings (SSSR count). The number of rotatable bonds is 4. The smallest absolute Gasteiger partial charge is 0.328 e. The van der Waals surface area contributed by atoms with Crippen LogP contribution >= 0.6 is 0 Å². The second-order valence-electron chi connectivity index (χ2n) is 7.01. The van der Waals surface area contributed by atoms with E-state index in [1.165, 1.54) is 13.2 Å². The van der Waals surface area contributed by atoms with Gasteiger partial charge in [-0.3, -0.25) is 4.79 Å². The maximum Gasteiger partial charge on any atom is 0.328 e. The molecule has 0 aromatic heterocycles. The van der Waals surface area contributed by atoms with Gasteiger partial charge < -0.3 is 19.3 Å². The van der Waals surface area contributed by atoms with E-state index < -0.39 is 23.9 Å². The number of piperidine rings is 1. The molecule has 7 heteroatoms. The summed E-state index contributed by atoms with van der Waals surface area (Å²) in [7, 11) is 3.34. The molecule has 0 N–H and O–H groups in total. The van der Waals surface area contributed by atoms with Crippen LogP contribution < -0.4 is 4.74 Å². The molecule has 2 heterocycles. The van der Waals surface area contributed by atoms with Gasteiger partial charge in [-0.2, -0.15) is 0 Å². The zero-order valence-electron chi connectivity index (χ0n) is 15.2. The molecule has 2 aliphatic heterocycles. The van der Waals surface area contributed by atoms with E-state index in [1.807, 2.05) is 7.05 Å². The van der Waals surface area contributed by atoms with Gasteiger partial charge in [0, 0.05) is 12.3 Å². The minimum absolute atomic E-state index is 0.0341. The third kappa shape index (κ3) is 3.98. The third-order valence-electron chi connectivity index (χ3n) is 5.22. The van der Waals surface area contributed by atoms with Crippen LogP contribution in [0.1, 0.15) is 19.3 Å². The summed E-state index contributed by atoms with van der Waals surface area (Å²) in [6.07, 6.45) is 1.42. The maximum atomic E-state index is 13.8. The number of esters is 1. The summed E-state index contributed by atoms with van der Waals surface area (Å²) in [4.78, 5) is 28.9. The number of halogens is 1. The third-order valence-corrected chi connectivity index (χ3v) is 5.22. The van der Waals surface area contributed by atoms with E-state index in [0.29, 0.717) is 6.42 Å². The quantitative estimate of drug-likeness (QED) is 0.761. The lowest BCUT2D eigenvalue weighted by atomic mass is 9.95. The summed E-state index contributed by atoms with van der Waals surface area (Å²) < 4.78 is 24.4. The van der Waals surface area contributed by atoms with Crippen molar-refractivity contribution in [3.63, 3.8) is 0 Å². The predicted octanol–water partition coefficient (Wildman–Crippen LogP) is 1.69. The lowest BCUT2D eigenvalue weighted by Crippen LogP contribution is -2.46. The Morgan fingerprint density at radius 1 is 1.19 bits per heavy atom. The molecule has 26 heavy (non-hydrogen) atoms. The summed E-state index contributed by atoms with van der Waals surface area (Å²) in [5.41, 5.74) is 0. The highest BCUT2D eigenvalue weighted by molar-refractivity contribution is 5.86. The molecule has 2 fully saturated rings. The first-order valence-corrected chi connectivity index (χ1v) is 8.97. The van der Waals surface area contributed by atoms with Crippen LogP contribution in [0.25, 0.3) is 0 Å². The number of hydrogen-bond acceptors (Lipinski definition) is 5. The number of likely N-dealkylation sites (tertiary alicyclic amines) is 2. The zero-order chi connectivity index (χ0) is 18.7. The van der Waals surface area contributed by atoms with E-state index in [-0.39, 0.29) is 24.1 Å². The Morgan fingerprint density at radius 2 is 1.88 bits per heavy atom. The lowest BCUT2D eigenvalue weighted by molar-refractivity contribution is -0.152. The molecule has 2 atom stereocenters. The fraction of sp³-hybridized carbons (Fsp3) is 0.579. The molecular weight excluding hydrogens is 339 g/mol. The van der Waals surface area contributed by atoms with Crippen LogP contribution in [0.15, 0.2) is 24.3 Å². The molecule has 142 valence electrons. The van der Waals surface area contributed by atoms with Crippen molar-refractivity contribution in [2.24, 2.45) is 5.92 Å². The van der Waals surface area contributed by atoms with Gasteiger partial charge >= 0.3 is 5.97 Å². The van der Waals surface area contributed by atoms with Crippen LogP contribution in [0.3, 0.4) is 0 Å². The molecule has 2 saturated heterocycles. The fourth-order valence-corrected chi connectivity index (χ4v) is 3.70. The number of hydrogen-bond donors (Lipinski definition) is 0. The number of carbonyl (C=O) groups is 2. The molecule has 1 aromatic carbocycles. The van der Waals surface area contributed by atoms with Crippen molar-refractivity contribution in [1.29, 1.82) is 0 Å². The topological polar surface area (TPSA) is 59.1 Å². The van der Waals surface area contributed by atoms with Gasteiger partial charge in [0.25, 0.3) is 0 Å².